The molecular formula is C18H19N5O2. The predicted molar refractivity (Wildman–Crippen MR) is 93.1 cm³/mol. The van der Waals surface area contributed by atoms with Crippen LogP contribution in [0.4, 0.5) is 0 Å². The van der Waals surface area contributed by atoms with Crippen molar-refractivity contribution in [2.24, 2.45) is 7.05 Å². The quantitative estimate of drug-likeness (QED) is 0.719. The molecule has 0 unspecified atom stereocenters. The van der Waals surface area contributed by atoms with Crippen LogP contribution in [-0.2, 0) is 18.4 Å². The molecule has 1 fully saturated rings. The molecule has 0 aliphatic carbocycles. The number of carbonyl (C=O) groups excluding carboxylic acids is 1. The zero-order chi connectivity index (χ0) is 17.4. The Bertz CT molecular complexity index is 976. The fraction of sp³-hybridized carbons (Fsp3) is 0.333. The molecule has 3 heterocycles. The van der Waals surface area contributed by atoms with Crippen molar-refractivity contribution in [3.05, 3.63) is 58.8 Å². The van der Waals surface area contributed by atoms with Crippen molar-refractivity contribution in [2.45, 2.75) is 18.9 Å². The smallest absolute Gasteiger partial charge is 0.264 e. The number of benzene rings is 1. The van der Waals surface area contributed by atoms with Gasteiger partial charge in [-0.25, -0.2) is 4.98 Å². The third-order valence-electron chi connectivity index (χ3n) is 4.84. The number of amides is 1. The van der Waals surface area contributed by atoms with Gasteiger partial charge in [0, 0.05) is 26.1 Å². The summed E-state index contributed by atoms with van der Waals surface area (Å²) in [7, 11) is 1.73. The number of rotatable bonds is 3. The minimum Gasteiger partial charge on any atom is -0.341 e. The molecule has 0 N–H and O–H groups in total. The van der Waals surface area contributed by atoms with Gasteiger partial charge in [0.15, 0.2) is 5.65 Å². The van der Waals surface area contributed by atoms with Gasteiger partial charge in [-0.1, -0.05) is 30.3 Å². The Morgan fingerprint density at radius 3 is 2.88 bits per heavy atom. The van der Waals surface area contributed by atoms with Gasteiger partial charge < -0.3 is 4.90 Å². The Morgan fingerprint density at radius 1 is 1.28 bits per heavy atom. The number of aromatic nitrogens is 4. The van der Waals surface area contributed by atoms with E-state index in [-0.39, 0.29) is 18.0 Å². The van der Waals surface area contributed by atoms with Crippen LogP contribution in [0, 0.1) is 0 Å². The predicted octanol–water partition coefficient (Wildman–Crippen LogP) is 1.15. The minimum absolute atomic E-state index is 0.0121. The van der Waals surface area contributed by atoms with Crippen molar-refractivity contribution in [3.8, 4) is 0 Å². The molecule has 1 saturated heterocycles. The van der Waals surface area contributed by atoms with E-state index in [0.717, 1.165) is 13.0 Å². The zero-order valence-electron chi connectivity index (χ0n) is 14.0. The average molecular weight is 337 g/mol. The van der Waals surface area contributed by atoms with Crippen LogP contribution in [-0.4, -0.2) is 43.2 Å². The Balaban J connectivity index is 1.49. The molecular weight excluding hydrogens is 318 g/mol. The molecule has 7 nitrogen and oxygen atoms in total. The first-order valence-electron chi connectivity index (χ1n) is 8.33. The highest BCUT2D eigenvalue weighted by atomic mass is 16.2. The van der Waals surface area contributed by atoms with Crippen LogP contribution < -0.4 is 5.56 Å². The van der Waals surface area contributed by atoms with Gasteiger partial charge in [-0.2, -0.15) is 5.10 Å². The fourth-order valence-corrected chi connectivity index (χ4v) is 3.41. The highest BCUT2D eigenvalue weighted by molar-refractivity contribution is 5.77. The third kappa shape index (κ3) is 2.82. The number of carbonyl (C=O) groups is 1. The van der Waals surface area contributed by atoms with Crippen molar-refractivity contribution in [1.82, 2.24) is 24.2 Å². The van der Waals surface area contributed by atoms with E-state index in [1.807, 2.05) is 23.1 Å². The lowest BCUT2D eigenvalue weighted by atomic mass is 9.99. The molecule has 128 valence electrons. The second-order valence-electron chi connectivity index (χ2n) is 6.42. The van der Waals surface area contributed by atoms with Crippen LogP contribution in [0.3, 0.4) is 0 Å². The van der Waals surface area contributed by atoms with E-state index >= 15 is 0 Å². The second kappa shape index (κ2) is 6.16. The zero-order valence-corrected chi connectivity index (χ0v) is 14.0. The monoisotopic (exact) mass is 337 g/mol. The van der Waals surface area contributed by atoms with Crippen molar-refractivity contribution in [3.63, 3.8) is 0 Å². The standard InChI is InChI=1S/C18H19N5O2/c1-21-17-15(9-20-21)18(25)23(12-19-17)11-16(24)22-8-7-14(10-22)13-5-3-2-4-6-13/h2-6,9,12,14H,7-8,10-11H2,1H3/t14-/m0/s1. The summed E-state index contributed by atoms with van der Waals surface area (Å²) >= 11 is 0. The maximum absolute atomic E-state index is 12.6. The number of aryl methyl sites for hydroxylation is 1. The Morgan fingerprint density at radius 2 is 2.08 bits per heavy atom. The first-order valence-corrected chi connectivity index (χ1v) is 8.33. The summed E-state index contributed by atoms with van der Waals surface area (Å²) in [5.41, 5.74) is 1.55. The normalized spacial score (nSPS) is 17.3. The molecule has 1 aliphatic heterocycles. The van der Waals surface area contributed by atoms with E-state index in [9.17, 15) is 9.59 Å². The molecule has 1 amide bonds. The van der Waals surface area contributed by atoms with Crippen LogP contribution in [0.1, 0.15) is 17.9 Å². The molecule has 2 aromatic heterocycles. The van der Waals surface area contributed by atoms with E-state index in [1.54, 1.807) is 11.7 Å². The molecule has 0 saturated carbocycles. The van der Waals surface area contributed by atoms with Crippen LogP contribution in [0.5, 0.6) is 0 Å². The van der Waals surface area contributed by atoms with E-state index in [2.05, 4.69) is 22.2 Å². The molecule has 0 radical (unpaired) electrons. The highest BCUT2D eigenvalue weighted by Gasteiger charge is 2.27. The van der Waals surface area contributed by atoms with Gasteiger partial charge in [-0.05, 0) is 12.0 Å². The maximum Gasteiger partial charge on any atom is 0.264 e. The maximum atomic E-state index is 12.6. The number of likely N-dealkylation sites (tertiary alicyclic amines) is 1. The highest BCUT2D eigenvalue weighted by Crippen LogP contribution is 2.26. The summed E-state index contributed by atoms with van der Waals surface area (Å²) in [6.45, 7) is 1.42. The van der Waals surface area contributed by atoms with Crippen LogP contribution in [0.15, 0.2) is 47.7 Å². The first kappa shape index (κ1) is 15.6. The Hall–Kier alpha value is -2.96. The summed E-state index contributed by atoms with van der Waals surface area (Å²) in [5, 5.41) is 4.48. The molecule has 0 spiro atoms. The largest absolute Gasteiger partial charge is 0.341 e. The summed E-state index contributed by atoms with van der Waals surface area (Å²) in [5.74, 6) is 0.311. The average Bonchev–Trinajstić information content (AvgIpc) is 3.26. The number of hydrogen-bond acceptors (Lipinski definition) is 4. The van der Waals surface area contributed by atoms with Gasteiger partial charge in [0.1, 0.15) is 18.3 Å². The summed E-state index contributed by atoms with van der Waals surface area (Å²) in [6, 6.07) is 10.2. The van der Waals surface area contributed by atoms with Gasteiger partial charge in [-0.3, -0.25) is 18.8 Å². The van der Waals surface area contributed by atoms with Crippen molar-refractivity contribution in [1.29, 1.82) is 0 Å². The molecule has 1 atom stereocenters. The lowest BCUT2D eigenvalue weighted by molar-refractivity contribution is -0.130. The van der Waals surface area contributed by atoms with Crippen molar-refractivity contribution >= 4 is 16.9 Å². The second-order valence-corrected chi connectivity index (χ2v) is 6.42. The van der Waals surface area contributed by atoms with Crippen molar-refractivity contribution in [2.75, 3.05) is 13.1 Å². The molecule has 1 aromatic carbocycles. The minimum atomic E-state index is -0.231. The molecule has 7 heteroatoms. The number of fused-ring (bicyclic) bond motifs is 1. The lowest BCUT2D eigenvalue weighted by Crippen LogP contribution is -2.35. The van der Waals surface area contributed by atoms with Crippen LogP contribution in [0.2, 0.25) is 0 Å². The molecule has 4 rings (SSSR count). The Labute approximate surface area is 144 Å². The number of hydrogen-bond donors (Lipinski definition) is 0. The first-order chi connectivity index (χ1) is 12.1. The van der Waals surface area contributed by atoms with Gasteiger partial charge in [0.2, 0.25) is 5.91 Å². The lowest BCUT2D eigenvalue weighted by Gasteiger charge is -2.17. The van der Waals surface area contributed by atoms with Gasteiger partial charge in [-0.15, -0.1) is 0 Å². The van der Waals surface area contributed by atoms with Gasteiger partial charge in [0.05, 0.1) is 6.20 Å². The summed E-state index contributed by atoms with van der Waals surface area (Å²) in [6.07, 6.45) is 3.87. The van der Waals surface area contributed by atoms with Gasteiger partial charge in [0.25, 0.3) is 5.56 Å². The molecule has 3 aromatic rings. The molecule has 0 bridgehead atoms. The van der Waals surface area contributed by atoms with E-state index in [4.69, 9.17) is 0 Å². The number of nitrogens with zero attached hydrogens (tertiary/aromatic N) is 5. The third-order valence-corrected chi connectivity index (χ3v) is 4.84. The Kier molecular flexibility index (Phi) is 3.83. The summed E-state index contributed by atoms with van der Waals surface area (Å²) < 4.78 is 2.91. The van der Waals surface area contributed by atoms with E-state index in [1.165, 1.54) is 22.7 Å². The molecule has 25 heavy (non-hydrogen) atoms. The SMILES string of the molecule is Cn1ncc2c(=O)n(CC(=O)N3CC[C@H](c4ccccc4)C3)cnc21. The molecule has 1 aliphatic rings. The topological polar surface area (TPSA) is 73.0 Å². The van der Waals surface area contributed by atoms with E-state index < -0.39 is 0 Å². The van der Waals surface area contributed by atoms with Crippen LogP contribution in [0.25, 0.3) is 11.0 Å². The van der Waals surface area contributed by atoms with Crippen LogP contribution >= 0.6 is 0 Å². The fourth-order valence-electron chi connectivity index (χ4n) is 3.41. The van der Waals surface area contributed by atoms with Gasteiger partial charge >= 0.3 is 0 Å². The van der Waals surface area contributed by atoms with E-state index in [0.29, 0.717) is 23.5 Å². The summed E-state index contributed by atoms with van der Waals surface area (Å²) in [4.78, 5) is 31.1. The van der Waals surface area contributed by atoms with Crippen molar-refractivity contribution < 1.29 is 4.79 Å².